The lowest BCUT2D eigenvalue weighted by atomic mass is 10.2. The van der Waals surface area contributed by atoms with Crippen LogP contribution in [-0.2, 0) is 0 Å². The fraction of sp³-hybridized carbons (Fsp3) is 0.467. The van der Waals surface area contributed by atoms with E-state index in [0.717, 1.165) is 12.8 Å². The second kappa shape index (κ2) is 6.41. The number of benzene rings is 1. The maximum absolute atomic E-state index is 11.8. The number of urea groups is 1. The van der Waals surface area contributed by atoms with Crippen LogP contribution in [0.5, 0.6) is 0 Å². The van der Waals surface area contributed by atoms with Crippen molar-refractivity contribution < 1.29 is 9.59 Å². The zero-order chi connectivity index (χ0) is 14.5. The molecule has 3 N–H and O–H groups in total. The van der Waals surface area contributed by atoms with E-state index in [2.05, 4.69) is 16.0 Å². The van der Waals surface area contributed by atoms with Crippen LogP contribution in [0.4, 0.5) is 10.5 Å². The predicted octanol–water partition coefficient (Wildman–Crippen LogP) is 2.36. The van der Waals surface area contributed by atoms with Gasteiger partial charge in [0.2, 0.25) is 0 Å². The third kappa shape index (κ3) is 4.57. The van der Waals surface area contributed by atoms with E-state index in [1.807, 2.05) is 13.8 Å². The maximum Gasteiger partial charge on any atom is 0.319 e. The summed E-state index contributed by atoms with van der Waals surface area (Å²) in [6.07, 6.45) is 2.14. The first-order chi connectivity index (χ1) is 9.54. The van der Waals surface area contributed by atoms with Crippen molar-refractivity contribution >= 4 is 17.6 Å². The molecular formula is C15H21N3O2. The number of amides is 3. The second-order valence-corrected chi connectivity index (χ2v) is 5.55. The average molecular weight is 275 g/mol. The summed E-state index contributed by atoms with van der Waals surface area (Å²) in [4.78, 5) is 23.4. The molecule has 108 valence electrons. The van der Waals surface area contributed by atoms with Gasteiger partial charge in [-0.15, -0.1) is 0 Å². The standard InChI is InChI=1S/C15H21N3O2/c1-10(2)9-16-15(20)18-13-5-3-11(4-6-13)14(19)17-12-7-8-12/h3-6,10,12H,7-9H2,1-2H3,(H,17,19)(H2,16,18,20). The molecule has 0 aliphatic heterocycles. The van der Waals surface area contributed by atoms with Gasteiger partial charge in [-0.1, -0.05) is 13.8 Å². The monoisotopic (exact) mass is 275 g/mol. The molecule has 1 aliphatic rings. The van der Waals surface area contributed by atoms with Crippen molar-refractivity contribution in [2.75, 3.05) is 11.9 Å². The predicted molar refractivity (Wildman–Crippen MR) is 78.8 cm³/mol. The van der Waals surface area contributed by atoms with Gasteiger partial charge in [0.15, 0.2) is 0 Å². The van der Waals surface area contributed by atoms with E-state index in [1.165, 1.54) is 0 Å². The van der Waals surface area contributed by atoms with Gasteiger partial charge in [0.05, 0.1) is 0 Å². The number of hydrogen-bond acceptors (Lipinski definition) is 2. The highest BCUT2D eigenvalue weighted by Crippen LogP contribution is 2.19. The Bertz CT molecular complexity index is 478. The molecule has 20 heavy (non-hydrogen) atoms. The molecule has 0 atom stereocenters. The van der Waals surface area contributed by atoms with Gasteiger partial charge in [0.25, 0.3) is 5.91 Å². The van der Waals surface area contributed by atoms with Crippen molar-refractivity contribution in [2.45, 2.75) is 32.7 Å². The molecule has 0 aromatic heterocycles. The van der Waals surface area contributed by atoms with Crippen LogP contribution in [-0.4, -0.2) is 24.5 Å². The van der Waals surface area contributed by atoms with Crippen molar-refractivity contribution in [1.29, 1.82) is 0 Å². The summed E-state index contributed by atoms with van der Waals surface area (Å²) in [5.74, 6) is 0.359. The largest absolute Gasteiger partial charge is 0.349 e. The summed E-state index contributed by atoms with van der Waals surface area (Å²) in [5.41, 5.74) is 1.29. The zero-order valence-corrected chi connectivity index (χ0v) is 11.9. The molecule has 1 aromatic carbocycles. The molecule has 1 fully saturated rings. The Morgan fingerprint density at radius 3 is 2.40 bits per heavy atom. The van der Waals surface area contributed by atoms with Gasteiger partial charge in [0.1, 0.15) is 0 Å². The first kappa shape index (κ1) is 14.4. The van der Waals surface area contributed by atoms with E-state index in [-0.39, 0.29) is 11.9 Å². The van der Waals surface area contributed by atoms with Gasteiger partial charge >= 0.3 is 6.03 Å². The van der Waals surface area contributed by atoms with Crippen LogP contribution < -0.4 is 16.0 Å². The third-order valence-corrected chi connectivity index (χ3v) is 2.99. The average Bonchev–Trinajstić information content (AvgIpc) is 3.21. The number of hydrogen-bond donors (Lipinski definition) is 3. The highest BCUT2D eigenvalue weighted by Gasteiger charge is 2.23. The van der Waals surface area contributed by atoms with Crippen LogP contribution in [0.2, 0.25) is 0 Å². The number of rotatable bonds is 5. The van der Waals surface area contributed by atoms with Gasteiger partial charge in [-0.2, -0.15) is 0 Å². The molecular weight excluding hydrogens is 254 g/mol. The molecule has 0 unspecified atom stereocenters. The lowest BCUT2D eigenvalue weighted by Crippen LogP contribution is -2.31. The molecule has 1 aliphatic carbocycles. The Labute approximate surface area is 119 Å². The summed E-state index contributed by atoms with van der Waals surface area (Å²) in [5, 5.41) is 8.43. The highest BCUT2D eigenvalue weighted by atomic mass is 16.2. The molecule has 5 nitrogen and oxygen atoms in total. The van der Waals surface area contributed by atoms with E-state index >= 15 is 0 Å². The van der Waals surface area contributed by atoms with E-state index in [0.29, 0.717) is 29.8 Å². The Balaban J connectivity index is 1.84. The molecule has 0 radical (unpaired) electrons. The summed E-state index contributed by atoms with van der Waals surface area (Å²) in [6.45, 7) is 4.70. The molecule has 0 spiro atoms. The number of carbonyl (C=O) groups excluding carboxylic acids is 2. The van der Waals surface area contributed by atoms with Crippen molar-refractivity contribution in [3.8, 4) is 0 Å². The third-order valence-electron chi connectivity index (χ3n) is 2.99. The topological polar surface area (TPSA) is 70.2 Å². The summed E-state index contributed by atoms with van der Waals surface area (Å²) in [6, 6.07) is 7.02. The number of carbonyl (C=O) groups is 2. The molecule has 0 saturated heterocycles. The van der Waals surface area contributed by atoms with E-state index in [4.69, 9.17) is 0 Å². The lowest BCUT2D eigenvalue weighted by molar-refractivity contribution is 0.0951. The van der Waals surface area contributed by atoms with Crippen molar-refractivity contribution in [1.82, 2.24) is 10.6 Å². The van der Waals surface area contributed by atoms with Gasteiger partial charge < -0.3 is 16.0 Å². The summed E-state index contributed by atoms with van der Waals surface area (Å²) < 4.78 is 0. The SMILES string of the molecule is CC(C)CNC(=O)Nc1ccc(C(=O)NC2CC2)cc1. The minimum atomic E-state index is -0.228. The summed E-state index contributed by atoms with van der Waals surface area (Å²) >= 11 is 0. The first-order valence-corrected chi connectivity index (χ1v) is 7.00. The molecule has 1 aromatic rings. The smallest absolute Gasteiger partial charge is 0.319 e. The van der Waals surface area contributed by atoms with Crippen LogP contribution in [0.3, 0.4) is 0 Å². The highest BCUT2D eigenvalue weighted by molar-refractivity contribution is 5.95. The van der Waals surface area contributed by atoms with Crippen molar-refractivity contribution in [2.24, 2.45) is 5.92 Å². The van der Waals surface area contributed by atoms with Gasteiger partial charge in [-0.05, 0) is 43.0 Å². The number of anilines is 1. The minimum absolute atomic E-state index is 0.0525. The molecule has 1 saturated carbocycles. The van der Waals surface area contributed by atoms with Crippen LogP contribution in [0.1, 0.15) is 37.0 Å². The molecule has 0 bridgehead atoms. The molecule has 3 amide bonds. The number of nitrogens with one attached hydrogen (secondary N) is 3. The maximum atomic E-state index is 11.8. The molecule has 0 heterocycles. The molecule has 5 heteroatoms. The minimum Gasteiger partial charge on any atom is -0.349 e. The second-order valence-electron chi connectivity index (χ2n) is 5.55. The Kier molecular flexibility index (Phi) is 4.61. The van der Waals surface area contributed by atoms with Gasteiger partial charge in [-0.3, -0.25) is 4.79 Å². The van der Waals surface area contributed by atoms with E-state index in [1.54, 1.807) is 24.3 Å². The Hall–Kier alpha value is -2.04. The zero-order valence-electron chi connectivity index (χ0n) is 11.9. The van der Waals surface area contributed by atoms with Crippen molar-refractivity contribution in [3.05, 3.63) is 29.8 Å². The summed E-state index contributed by atoms with van der Waals surface area (Å²) in [7, 11) is 0. The van der Waals surface area contributed by atoms with Crippen LogP contribution in [0.15, 0.2) is 24.3 Å². The quantitative estimate of drug-likeness (QED) is 0.772. The van der Waals surface area contributed by atoms with Gasteiger partial charge in [-0.25, -0.2) is 4.79 Å². The normalized spacial score (nSPS) is 13.9. The van der Waals surface area contributed by atoms with E-state index in [9.17, 15) is 9.59 Å². The van der Waals surface area contributed by atoms with Crippen molar-refractivity contribution in [3.63, 3.8) is 0 Å². The van der Waals surface area contributed by atoms with E-state index < -0.39 is 0 Å². The van der Waals surface area contributed by atoms with Crippen LogP contribution >= 0.6 is 0 Å². The lowest BCUT2D eigenvalue weighted by Gasteiger charge is -2.10. The fourth-order valence-electron chi connectivity index (χ4n) is 1.67. The Morgan fingerprint density at radius 2 is 1.85 bits per heavy atom. The van der Waals surface area contributed by atoms with Crippen LogP contribution in [0.25, 0.3) is 0 Å². The first-order valence-electron chi connectivity index (χ1n) is 7.00. The fourth-order valence-corrected chi connectivity index (χ4v) is 1.67. The van der Waals surface area contributed by atoms with Crippen LogP contribution in [0, 0.1) is 5.92 Å². The Morgan fingerprint density at radius 1 is 1.20 bits per heavy atom. The van der Waals surface area contributed by atoms with Gasteiger partial charge in [0, 0.05) is 23.8 Å². The molecule has 2 rings (SSSR count).